The van der Waals surface area contributed by atoms with Crippen LogP contribution in [0.3, 0.4) is 0 Å². The second-order valence-electron chi connectivity index (χ2n) is 8.05. The molecule has 0 unspecified atom stereocenters. The number of nitrogens with zero attached hydrogens (tertiary/aromatic N) is 5. The number of hydrogen-bond acceptors (Lipinski definition) is 7. The Labute approximate surface area is 194 Å². The number of esters is 1. The van der Waals surface area contributed by atoms with Crippen molar-refractivity contribution in [2.24, 2.45) is 14.1 Å². The van der Waals surface area contributed by atoms with Gasteiger partial charge in [-0.25, -0.2) is 22.6 Å². The molecule has 0 saturated carbocycles. The van der Waals surface area contributed by atoms with Gasteiger partial charge >= 0.3 is 11.7 Å². The molecule has 0 bridgehead atoms. The Morgan fingerprint density at radius 3 is 2.71 bits per heavy atom. The van der Waals surface area contributed by atoms with Crippen molar-refractivity contribution in [3.8, 4) is 0 Å². The van der Waals surface area contributed by atoms with Crippen molar-refractivity contribution in [2.75, 3.05) is 13.2 Å². The second kappa shape index (κ2) is 9.14. The highest BCUT2D eigenvalue weighted by Gasteiger charge is 2.41. The third-order valence-corrected chi connectivity index (χ3v) is 7.81. The third-order valence-electron chi connectivity index (χ3n) is 5.87. The Balaban J connectivity index is 1.43. The number of carbonyl (C=O) groups excluding carboxylic acids is 1. The van der Waals surface area contributed by atoms with Gasteiger partial charge in [-0.2, -0.15) is 4.31 Å². The zero-order chi connectivity index (χ0) is 24.6. The third kappa shape index (κ3) is 4.05. The Bertz CT molecular complexity index is 1480. The molecule has 0 N–H and O–H groups in total. The van der Waals surface area contributed by atoms with Gasteiger partial charge in [0.05, 0.1) is 12.9 Å². The molecule has 3 aromatic rings. The summed E-state index contributed by atoms with van der Waals surface area (Å²) in [6, 6.07) is 3.93. The first-order chi connectivity index (χ1) is 16.1. The minimum Gasteiger partial charge on any atom is -0.464 e. The summed E-state index contributed by atoms with van der Waals surface area (Å²) in [6.07, 6.45) is 2.30. The van der Waals surface area contributed by atoms with E-state index in [0.29, 0.717) is 6.42 Å². The molecule has 2 aromatic heterocycles. The van der Waals surface area contributed by atoms with Crippen molar-refractivity contribution in [3.63, 3.8) is 0 Å². The first kappa shape index (κ1) is 23.8. The van der Waals surface area contributed by atoms with E-state index in [0.717, 1.165) is 21.0 Å². The lowest BCUT2D eigenvalue weighted by molar-refractivity contribution is -0.147. The lowest BCUT2D eigenvalue weighted by Crippen LogP contribution is -2.42. The molecule has 1 atom stereocenters. The first-order valence-corrected chi connectivity index (χ1v) is 12.1. The lowest BCUT2D eigenvalue weighted by atomic mass is 10.2. The molecular formula is C21H24FN5O6S. The summed E-state index contributed by atoms with van der Waals surface area (Å²) < 4.78 is 50.0. The van der Waals surface area contributed by atoms with E-state index in [1.165, 1.54) is 34.6 Å². The number of aromatic nitrogens is 4. The number of halogens is 1. The van der Waals surface area contributed by atoms with E-state index in [2.05, 4.69) is 4.98 Å². The van der Waals surface area contributed by atoms with Crippen molar-refractivity contribution >= 4 is 27.2 Å². The molecule has 0 amide bonds. The molecule has 1 aliphatic heterocycles. The van der Waals surface area contributed by atoms with Crippen LogP contribution in [0, 0.1) is 5.82 Å². The number of aryl methyl sites for hydroxylation is 2. The topological polar surface area (TPSA) is 126 Å². The van der Waals surface area contributed by atoms with E-state index in [1.807, 2.05) is 0 Å². The molecule has 0 radical (unpaired) electrons. The highest BCUT2D eigenvalue weighted by molar-refractivity contribution is 7.89. The van der Waals surface area contributed by atoms with E-state index in [1.54, 1.807) is 7.05 Å². The summed E-state index contributed by atoms with van der Waals surface area (Å²) in [5, 5.41) is 0. The van der Waals surface area contributed by atoms with Gasteiger partial charge in [0.15, 0.2) is 11.2 Å². The number of ether oxygens (including phenoxy) is 1. The minimum absolute atomic E-state index is 0.00180. The maximum atomic E-state index is 14.1. The second-order valence-corrected chi connectivity index (χ2v) is 9.91. The highest BCUT2D eigenvalue weighted by Crippen LogP contribution is 2.28. The van der Waals surface area contributed by atoms with Crippen LogP contribution in [0.5, 0.6) is 0 Å². The standard InChI is InChI=1S/C21H24FN5O6S/c1-24-13-23-18-17(24)19(28)26(21(30)25(18)2)10-6-12-33-20(29)15-8-5-11-27(15)34(31,32)16-9-4-3-7-14(16)22/h3-4,7,9,13,15H,5-6,8,10-12H2,1-2H3/t15-/m0/s1. The first-order valence-electron chi connectivity index (χ1n) is 10.7. The average Bonchev–Trinajstić information content (AvgIpc) is 3.45. The van der Waals surface area contributed by atoms with Gasteiger partial charge in [-0.15, -0.1) is 0 Å². The van der Waals surface area contributed by atoms with Crippen LogP contribution in [0.15, 0.2) is 45.1 Å². The Morgan fingerprint density at radius 1 is 1.24 bits per heavy atom. The van der Waals surface area contributed by atoms with Gasteiger partial charge in [-0.3, -0.25) is 18.7 Å². The summed E-state index contributed by atoms with van der Waals surface area (Å²) in [5.41, 5.74) is -0.487. The van der Waals surface area contributed by atoms with E-state index in [4.69, 9.17) is 4.74 Å². The summed E-state index contributed by atoms with van der Waals surface area (Å²) in [7, 11) is -1.05. The number of benzene rings is 1. The van der Waals surface area contributed by atoms with Gasteiger partial charge in [0, 0.05) is 27.2 Å². The number of hydrogen-bond donors (Lipinski definition) is 0. The van der Waals surface area contributed by atoms with Gasteiger partial charge in [-0.05, 0) is 31.4 Å². The normalized spacial score (nSPS) is 16.9. The maximum absolute atomic E-state index is 14.1. The Kier molecular flexibility index (Phi) is 6.41. The summed E-state index contributed by atoms with van der Waals surface area (Å²) in [4.78, 5) is 41.5. The SMILES string of the molecule is Cn1cnc2c1c(=O)n(CCCOC(=O)[C@@H]1CCCN1S(=O)(=O)c1ccccc1F)c(=O)n2C. The Hall–Kier alpha value is -3.32. The monoisotopic (exact) mass is 493 g/mol. The number of imidazole rings is 1. The molecule has 0 aliphatic carbocycles. The van der Waals surface area contributed by atoms with Crippen LogP contribution in [0.25, 0.3) is 11.2 Å². The number of fused-ring (bicyclic) bond motifs is 1. The fraction of sp³-hybridized carbons (Fsp3) is 0.429. The van der Waals surface area contributed by atoms with Crippen LogP contribution in [-0.2, 0) is 40.2 Å². The zero-order valence-electron chi connectivity index (χ0n) is 18.7. The van der Waals surface area contributed by atoms with E-state index in [-0.39, 0.29) is 43.7 Å². The van der Waals surface area contributed by atoms with E-state index < -0.39 is 44.0 Å². The molecule has 4 rings (SSSR count). The van der Waals surface area contributed by atoms with Crippen LogP contribution in [-0.4, -0.2) is 56.6 Å². The van der Waals surface area contributed by atoms with Crippen LogP contribution >= 0.6 is 0 Å². The van der Waals surface area contributed by atoms with Crippen LogP contribution in [0.4, 0.5) is 4.39 Å². The highest BCUT2D eigenvalue weighted by atomic mass is 32.2. The van der Waals surface area contributed by atoms with Crippen molar-refractivity contribution in [2.45, 2.75) is 36.7 Å². The molecule has 1 aromatic carbocycles. The van der Waals surface area contributed by atoms with Crippen LogP contribution in [0.1, 0.15) is 19.3 Å². The molecular weight excluding hydrogens is 469 g/mol. The predicted octanol–water partition coefficient (Wildman–Crippen LogP) is 0.359. The molecule has 34 heavy (non-hydrogen) atoms. The quantitative estimate of drug-likeness (QED) is 0.344. The number of carbonyl (C=O) groups is 1. The summed E-state index contributed by atoms with van der Waals surface area (Å²) >= 11 is 0. The van der Waals surface area contributed by atoms with Gasteiger partial charge in [0.2, 0.25) is 10.0 Å². The number of sulfonamides is 1. The predicted molar refractivity (Wildman–Crippen MR) is 119 cm³/mol. The van der Waals surface area contributed by atoms with Crippen molar-refractivity contribution in [1.82, 2.24) is 23.0 Å². The molecule has 13 heteroatoms. The maximum Gasteiger partial charge on any atom is 0.332 e. The molecule has 182 valence electrons. The molecule has 1 fully saturated rings. The molecule has 1 aliphatic rings. The Morgan fingerprint density at radius 2 is 1.97 bits per heavy atom. The molecule has 1 saturated heterocycles. The smallest absolute Gasteiger partial charge is 0.332 e. The minimum atomic E-state index is -4.21. The average molecular weight is 494 g/mol. The van der Waals surface area contributed by atoms with Crippen LogP contribution in [0.2, 0.25) is 0 Å². The lowest BCUT2D eigenvalue weighted by Gasteiger charge is -2.23. The summed E-state index contributed by atoms with van der Waals surface area (Å²) in [5.74, 6) is -1.64. The van der Waals surface area contributed by atoms with Gasteiger partial charge in [0.25, 0.3) is 5.56 Å². The van der Waals surface area contributed by atoms with Gasteiger partial charge < -0.3 is 9.30 Å². The summed E-state index contributed by atoms with van der Waals surface area (Å²) in [6.45, 7) is -0.0453. The zero-order valence-corrected chi connectivity index (χ0v) is 19.5. The fourth-order valence-corrected chi connectivity index (χ4v) is 5.84. The van der Waals surface area contributed by atoms with E-state index >= 15 is 0 Å². The largest absolute Gasteiger partial charge is 0.464 e. The van der Waals surface area contributed by atoms with Crippen molar-refractivity contribution in [3.05, 3.63) is 57.2 Å². The molecule has 11 nitrogen and oxygen atoms in total. The fourth-order valence-electron chi connectivity index (χ4n) is 4.13. The number of rotatable bonds is 7. The molecule has 3 heterocycles. The van der Waals surface area contributed by atoms with E-state index in [9.17, 15) is 27.2 Å². The molecule has 0 spiro atoms. The van der Waals surface area contributed by atoms with Gasteiger partial charge in [-0.1, -0.05) is 12.1 Å². The van der Waals surface area contributed by atoms with Crippen molar-refractivity contribution < 1.29 is 22.3 Å². The van der Waals surface area contributed by atoms with Crippen molar-refractivity contribution in [1.29, 1.82) is 0 Å². The van der Waals surface area contributed by atoms with Gasteiger partial charge in [0.1, 0.15) is 16.8 Å². The van der Waals surface area contributed by atoms with Crippen LogP contribution < -0.4 is 11.2 Å².